The fourth-order valence-corrected chi connectivity index (χ4v) is 4.20. The molecule has 1 saturated heterocycles. The lowest BCUT2D eigenvalue weighted by atomic mass is 10.0. The average Bonchev–Trinajstić information content (AvgIpc) is 2.31. The fourth-order valence-electron chi connectivity index (χ4n) is 1.60. The van der Waals surface area contributed by atoms with Gasteiger partial charge >= 0.3 is 0 Å². The third-order valence-electron chi connectivity index (χ3n) is 2.49. The Labute approximate surface area is 101 Å². The lowest BCUT2D eigenvalue weighted by Gasteiger charge is -2.15. The molecule has 0 aliphatic carbocycles. The van der Waals surface area contributed by atoms with Crippen molar-refractivity contribution in [2.24, 2.45) is 0 Å². The van der Waals surface area contributed by atoms with Crippen LogP contribution in [0.2, 0.25) is 0 Å². The van der Waals surface area contributed by atoms with Gasteiger partial charge in [-0.2, -0.15) is 0 Å². The molecule has 0 radical (unpaired) electrons. The van der Waals surface area contributed by atoms with Gasteiger partial charge in [0.1, 0.15) is 0 Å². The monoisotopic (exact) mass is 236 g/mol. The zero-order chi connectivity index (χ0) is 10.5. The van der Waals surface area contributed by atoms with Crippen molar-refractivity contribution in [3.8, 4) is 0 Å². The van der Waals surface area contributed by atoms with E-state index >= 15 is 0 Å². The highest BCUT2D eigenvalue weighted by Crippen LogP contribution is 2.36. The van der Waals surface area contributed by atoms with Gasteiger partial charge in [-0.25, -0.2) is 0 Å². The molecule has 1 aromatic carbocycles. The van der Waals surface area contributed by atoms with Gasteiger partial charge < -0.3 is 0 Å². The molecule has 0 bridgehead atoms. The van der Waals surface area contributed by atoms with E-state index in [-0.39, 0.29) is 0 Å². The van der Waals surface area contributed by atoms with Crippen LogP contribution < -0.4 is 0 Å². The molecular weight excluding hydrogens is 220 g/mol. The van der Waals surface area contributed by atoms with Gasteiger partial charge in [0.15, 0.2) is 0 Å². The van der Waals surface area contributed by atoms with Crippen LogP contribution in [0.4, 0.5) is 0 Å². The van der Waals surface area contributed by atoms with Crippen molar-refractivity contribution in [1.82, 2.24) is 0 Å². The van der Waals surface area contributed by atoms with E-state index < -0.39 is 0 Å². The molecule has 0 amide bonds. The second kappa shape index (κ2) is 5.66. The Morgan fingerprint density at radius 1 is 1.13 bits per heavy atom. The zero-order valence-corrected chi connectivity index (χ0v) is 10.6. The maximum atomic E-state index is 2.41. The molecule has 2 rings (SSSR count). The van der Waals surface area contributed by atoms with Crippen LogP contribution >= 0.6 is 23.5 Å². The Kier molecular flexibility index (Phi) is 4.21. The van der Waals surface area contributed by atoms with Gasteiger partial charge in [0.05, 0.1) is 0 Å². The van der Waals surface area contributed by atoms with Gasteiger partial charge in [0.25, 0.3) is 0 Å². The minimum absolute atomic E-state index is 0.541. The number of rotatable bonds is 2. The predicted molar refractivity (Wildman–Crippen MR) is 72.5 cm³/mol. The van der Waals surface area contributed by atoms with Gasteiger partial charge in [0, 0.05) is 10.2 Å². The van der Waals surface area contributed by atoms with Crippen molar-refractivity contribution in [2.45, 2.75) is 19.3 Å². The van der Waals surface area contributed by atoms with Gasteiger partial charge in [-0.1, -0.05) is 43.3 Å². The highest BCUT2D eigenvalue weighted by molar-refractivity contribution is 8.22. The van der Waals surface area contributed by atoms with Crippen LogP contribution in [0.5, 0.6) is 0 Å². The number of benzene rings is 1. The first-order chi connectivity index (χ1) is 7.36. The standard InChI is InChI=1S/C13H16S2/c1-11(12-6-3-2-4-7-12)10-13-14-8-5-9-15-13/h2-4,6-7,10-11H,5,8-9H2,1H3. The minimum Gasteiger partial charge on any atom is -0.120 e. The highest BCUT2D eigenvalue weighted by atomic mass is 32.2. The Hall–Kier alpha value is -0.340. The van der Waals surface area contributed by atoms with Crippen molar-refractivity contribution in [1.29, 1.82) is 0 Å². The van der Waals surface area contributed by atoms with E-state index in [1.54, 1.807) is 0 Å². The first-order valence-corrected chi connectivity index (χ1v) is 7.36. The molecule has 80 valence electrons. The molecule has 1 atom stereocenters. The third kappa shape index (κ3) is 3.32. The molecule has 1 aromatic rings. The summed E-state index contributed by atoms with van der Waals surface area (Å²) < 4.78 is 1.51. The quantitative estimate of drug-likeness (QED) is 0.741. The van der Waals surface area contributed by atoms with E-state index in [1.807, 2.05) is 23.5 Å². The molecule has 0 saturated carbocycles. The lowest BCUT2D eigenvalue weighted by molar-refractivity contribution is 0.968. The summed E-state index contributed by atoms with van der Waals surface area (Å²) in [5, 5.41) is 0. The average molecular weight is 236 g/mol. The maximum absolute atomic E-state index is 2.41. The van der Waals surface area contributed by atoms with E-state index in [9.17, 15) is 0 Å². The second-order valence-electron chi connectivity index (χ2n) is 3.74. The molecule has 2 heteroatoms. The van der Waals surface area contributed by atoms with Gasteiger partial charge in [-0.15, -0.1) is 23.5 Å². The smallest absolute Gasteiger partial charge is 0.0366 e. The van der Waals surface area contributed by atoms with Gasteiger partial charge in [0.2, 0.25) is 0 Å². The molecular formula is C13H16S2. The van der Waals surface area contributed by atoms with E-state index in [2.05, 4.69) is 43.3 Å². The summed E-state index contributed by atoms with van der Waals surface area (Å²) in [7, 11) is 0. The van der Waals surface area contributed by atoms with E-state index in [4.69, 9.17) is 0 Å². The van der Waals surface area contributed by atoms with Crippen molar-refractivity contribution in [2.75, 3.05) is 11.5 Å². The van der Waals surface area contributed by atoms with Crippen LogP contribution in [-0.4, -0.2) is 11.5 Å². The number of thioether (sulfide) groups is 2. The van der Waals surface area contributed by atoms with Crippen LogP contribution in [-0.2, 0) is 0 Å². The fraction of sp³-hybridized carbons (Fsp3) is 0.385. The largest absolute Gasteiger partial charge is 0.120 e. The number of hydrogen-bond acceptors (Lipinski definition) is 2. The van der Waals surface area contributed by atoms with E-state index in [1.165, 1.54) is 27.7 Å². The van der Waals surface area contributed by atoms with E-state index in [0.29, 0.717) is 5.92 Å². The normalized spacial score (nSPS) is 18.6. The molecule has 0 aromatic heterocycles. The Morgan fingerprint density at radius 3 is 2.47 bits per heavy atom. The number of hydrogen-bond donors (Lipinski definition) is 0. The van der Waals surface area contributed by atoms with Crippen molar-refractivity contribution >= 4 is 23.5 Å². The summed E-state index contributed by atoms with van der Waals surface area (Å²) in [6.45, 7) is 2.28. The first-order valence-electron chi connectivity index (χ1n) is 5.38. The van der Waals surface area contributed by atoms with Crippen molar-refractivity contribution < 1.29 is 0 Å². The van der Waals surface area contributed by atoms with E-state index in [0.717, 1.165) is 0 Å². The SMILES string of the molecule is CC(C=C1SCCCS1)c1ccccc1. The summed E-state index contributed by atoms with van der Waals surface area (Å²) in [6, 6.07) is 10.7. The zero-order valence-electron chi connectivity index (χ0n) is 8.98. The van der Waals surface area contributed by atoms with Gasteiger partial charge in [-0.05, 0) is 23.5 Å². The van der Waals surface area contributed by atoms with Crippen molar-refractivity contribution in [3.63, 3.8) is 0 Å². The Morgan fingerprint density at radius 2 is 1.80 bits per heavy atom. The molecule has 0 N–H and O–H groups in total. The Balaban J connectivity index is 2.05. The van der Waals surface area contributed by atoms with Crippen molar-refractivity contribution in [3.05, 3.63) is 46.2 Å². The molecule has 1 fully saturated rings. The van der Waals surface area contributed by atoms with Crippen LogP contribution in [0, 0.1) is 0 Å². The minimum atomic E-state index is 0.541. The Bertz CT molecular complexity index is 322. The van der Waals surface area contributed by atoms with Crippen LogP contribution in [0.1, 0.15) is 24.8 Å². The summed E-state index contributed by atoms with van der Waals surface area (Å²) in [5.74, 6) is 3.13. The van der Waals surface area contributed by atoms with Crippen LogP contribution in [0.3, 0.4) is 0 Å². The lowest BCUT2D eigenvalue weighted by Crippen LogP contribution is -1.94. The predicted octanol–water partition coefficient (Wildman–Crippen LogP) is 4.50. The second-order valence-corrected chi connectivity index (χ2v) is 6.27. The van der Waals surface area contributed by atoms with Gasteiger partial charge in [-0.3, -0.25) is 0 Å². The first kappa shape index (κ1) is 11.2. The summed E-state index contributed by atoms with van der Waals surface area (Å²) in [4.78, 5) is 0. The topological polar surface area (TPSA) is 0 Å². The highest BCUT2D eigenvalue weighted by Gasteiger charge is 2.09. The molecule has 1 heterocycles. The molecule has 0 nitrogen and oxygen atoms in total. The molecule has 1 aliphatic heterocycles. The summed E-state index contributed by atoms with van der Waals surface area (Å²) >= 11 is 4.02. The molecule has 1 aliphatic rings. The van der Waals surface area contributed by atoms with Crippen LogP contribution in [0.25, 0.3) is 0 Å². The maximum Gasteiger partial charge on any atom is 0.0366 e. The molecule has 0 spiro atoms. The molecule has 1 unspecified atom stereocenters. The third-order valence-corrected chi connectivity index (χ3v) is 5.02. The number of allylic oxidation sites excluding steroid dienone is 1. The van der Waals surface area contributed by atoms with Crippen LogP contribution in [0.15, 0.2) is 40.6 Å². The summed E-state index contributed by atoms with van der Waals surface area (Å²) in [6.07, 6.45) is 3.76. The molecule has 15 heavy (non-hydrogen) atoms. The summed E-state index contributed by atoms with van der Waals surface area (Å²) in [5.41, 5.74) is 1.41.